The van der Waals surface area contributed by atoms with Gasteiger partial charge >= 0.3 is 0 Å². The SMILES string of the molecule is Fc1ccc(-c2nnc(CON=Cc3ccc4c(c3)OCO4)o2)cc1. The van der Waals surface area contributed by atoms with Gasteiger partial charge in [0, 0.05) is 11.1 Å². The number of benzene rings is 2. The highest BCUT2D eigenvalue weighted by Gasteiger charge is 2.12. The highest BCUT2D eigenvalue weighted by Crippen LogP contribution is 2.32. The van der Waals surface area contributed by atoms with Gasteiger partial charge in [0.05, 0.1) is 6.21 Å². The van der Waals surface area contributed by atoms with Crippen molar-refractivity contribution in [3.05, 3.63) is 59.7 Å². The molecule has 0 amide bonds. The maximum Gasteiger partial charge on any atom is 0.257 e. The molecule has 25 heavy (non-hydrogen) atoms. The number of halogens is 1. The summed E-state index contributed by atoms with van der Waals surface area (Å²) in [6.45, 7) is 0.245. The van der Waals surface area contributed by atoms with Gasteiger partial charge in [0.15, 0.2) is 18.1 Å². The molecular weight excluding hydrogens is 329 g/mol. The molecule has 0 aliphatic carbocycles. The number of hydrogen-bond donors (Lipinski definition) is 0. The second-order valence-corrected chi connectivity index (χ2v) is 5.13. The van der Waals surface area contributed by atoms with E-state index in [-0.39, 0.29) is 25.1 Å². The van der Waals surface area contributed by atoms with E-state index in [0.29, 0.717) is 23.0 Å². The number of oxime groups is 1. The molecule has 1 aliphatic heterocycles. The molecule has 2 heterocycles. The van der Waals surface area contributed by atoms with Gasteiger partial charge in [0.25, 0.3) is 5.89 Å². The maximum atomic E-state index is 12.9. The molecule has 126 valence electrons. The quantitative estimate of drug-likeness (QED) is 0.524. The largest absolute Gasteiger partial charge is 0.454 e. The van der Waals surface area contributed by atoms with Crippen molar-refractivity contribution in [2.75, 3.05) is 6.79 Å². The number of fused-ring (bicyclic) bond motifs is 1. The molecule has 7 nitrogen and oxygen atoms in total. The molecule has 0 spiro atoms. The highest BCUT2D eigenvalue weighted by molar-refractivity contribution is 5.80. The van der Waals surface area contributed by atoms with Gasteiger partial charge in [-0.25, -0.2) is 4.39 Å². The Labute approximate surface area is 141 Å². The lowest BCUT2D eigenvalue weighted by atomic mass is 10.2. The van der Waals surface area contributed by atoms with Crippen molar-refractivity contribution in [1.29, 1.82) is 0 Å². The molecule has 8 heteroatoms. The monoisotopic (exact) mass is 341 g/mol. The van der Waals surface area contributed by atoms with Crippen molar-refractivity contribution >= 4 is 6.21 Å². The van der Waals surface area contributed by atoms with Crippen LogP contribution in [0.2, 0.25) is 0 Å². The summed E-state index contributed by atoms with van der Waals surface area (Å²) < 4.78 is 28.9. The zero-order valence-electron chi connectivity index (χ0n) is 12.9. The van der Waals surface area contributed by atoms with Crippen LogP contribution in [0.1, 0.15) is 11.5 Å². The first-order valence-corrected chi connectivity index (χ1v) is 7.41. The minimum Gasteiger partial charge on any atom is -0.454 e. The summed E-state index contributed by atoms with van der Waals surface area (Å²) in [6.07, 6.45) is 1.54. The van der Waals surface area contributed by atoms with Gasteiger partial charge < -0.3 is 18.7 Å². The average Bonchev–Trinajstić information content (AvgIpc) is 3.28. The minimum atomic E-state index is -0.329. The predicted molar refractivity (Wildman–Crippen MR) is 84.6 cm³/mol. The maximum absolute atomic E-state index is 12.9. The Hall–Kier alpha value is -3.42. The van der Waals surface area contributed by atoms with E-state index < -0.39 is 0 Å². The zero-order chi connectivity index (χ0) is 17.1. The van der Waals surface area contributed by atoms with Gasteiger partial charge in [-0.15, -0.1) is 10.2 Å². The number of nitrogens with zero attached hydrogens (tertiary/aromatic N) is 3. The lowest BCUT2D eigenvalue weighted by molar-refractivity contribution is 0.112. The van der Waals surface area contributed by atoms with Gasteiger partial charge in [0.1, 0.15) is 5.82 Å². The Balaban J connectivity index is 1.35. The van der Waals surface area contributed by atoms with E-state index in [1.54, 1.807) is 30.5 Å². The topological polar surface area (TPSA) is 79.0 Å². The van der Waals surface area contributed by atoms with E-state index in [0.717, 1.165) is 5.56 Å². The Morgan fingerprint density at radius 2 is 1.92 bits per heavy atom. The van der Waals surface area contributed by atoms with E-state index in [1.165, 1.54) is 12.1 Å². The van der Waals surface area contributed by atoms with Gasteiger partial charge in [0.2, 0.25) is 12.7 Å². The van der Waals surface area contributed by atoms with Crippen molar-refractivity contribution in [2.24, 2.45) is 5.16 Å². The molecule has 0 saturated heterocycles. The molecule has 0 bridgehead atoms. The van der Waals surface area contributed by atoms with E-state index in [4.69, 9.17) is 18.7 Å². The first-order chi connectivity index (χ1) is 12.3. The summed E-state index contributed by atoms with van der Waals surface area (Å²) in [7, 11) is 0. The Morgan fingerprint density at radius 3 is 2.80 bits per heavy atom. The standard InChI is InChI=1S/C17H12FN3O4/c18-13-4-2-12(3-5-13)17-21-20-16(25-17)9-24-19-8-11-1-6-14-15(7-11)23-10-22-14/h1-8H,9-10H2. The Kier molecular flexibility index (Phi) is 3.99. The van der Waals surface area contributed by atoms with Crippen molar-refractivity contribution in [1.82, 2.24) is 10.2 Å². The molecule has 0 unspecified atom stereocenters. The molecule has 2 aromatic carbocycles. The molecular formula is C17H12FN3O4. The van der Waals surface area contributed by atoms with E-state index in [1.807, 2.05) is 6.07 Å². The molecule has 0 fully saturated rings. The number of rotatable bonds is 5. The molecule has 4 rings (SSSR count). The van der Waals surface area contributed by atoms with Crippen LogP contribution < -0.4 is 9.47 Å². The molecule has 1 aliphatic rings. The second-order valence-electron chi connectivity index (χ2n) is 5.13. The fourth-order valence-electron chi connectivity index (χ4n) is 2.21. The Bertz CT molecular complexity index is 909. The van der Waals surface area contributed by atoms with Crippen LogP contribution in [0, 0.1) is 5.82 Å². The third-order valence-corrected chi connectivity index (χ3v) is 3.42. The summed E-state index contributed by atoms with van der Waals surface area (Å²) in [5.41, 5.74) is 1.44. The van der Waals surface area contributed by atoms with E-state index in [9.17, 15) is 4.39 Å². The first kappa shape index (κ1) is 15.1. The normalized spacial score (nSPS) is 12.7. The van der Waals surface area contributed by atoms with Crippen molar-refractivity contribution < 1.29 is 23.1 Å². The lowest BCUT2D eigenvalue weighted by Crippen LogP contribution is -1.93. The van der Waals surface area contributed by atoms with Crippen LogP contribution in [0.5, 0.6) is 11.5 Å². The van der Waals surface area contributed by atoms with Crippen molar-refractivity contribution in [2.45, 2.75) is 6.61 Å². The van der Waals surface area contributed by atoms with Crippen LogP contribution in [0.3, 0.4) is 0 Å². The predicted octanol–water partition coefficient (Wildman–Crippen LogP) is 3.16. The van der Waals surface area contributed by atoms with Crippen LogP contribution in [0.15, 0.2) is 52.0 Å². The molecule has 0 saturated carbocycles. The van der Waals surface area contributed by atoms with E-state index in [2.05, 4.69) is 15.4 Å². The van der Waals surface area contributed by atoms with Gasteiger partial charge in [-0.1, -0.05) is 5.16 Å². The smallest absolute Gasteiger partial charge is 0.257 e. The number of hydrogen-bond acceptors (Lipinski definition) is 7. The molecule has 0 atom stereocenters. The van der Waals surface area contributed by atoms with Crippen LogP contribution in [0.4, 0.5) is 4.39 Å². The minimum absolute atomic E-state index is 0.0231. The summed E-state index contributed by atoms with van der Waals surface area (Å²) >= 11 is 0. The molecule has 3 aromatic rings. The van der Waals surface area contributed by atoms with Gasteiger partial charge in [-0.2, -0.15) is 0 Å². The fraction of sp³-hybridized carbons (Fsp3) is 0.118. The third-order valence-electron chi connectivity index (χ3n) is 3.42. The molecule has 0 N–H and O–H groups in total. The second kappa shape index (κ2) is 6.60. The summed E-state index contributed by atoms with van der Waals surface area (Å²) in [6, 6.07) is 11.2. The van der Waals surface area contributed by atoms with Crippen LogP contribution in [0.25, 0.3) is 11.5 Å². The summed E-state index contributed by atoms with van der Waals surface area (Å²) in [5, 5.41) is 11.6. The van der Waals surface area contributed by atoms with Crippen molar-refractivity contribution in [3.63, 3.8) is 0 Å². The van der Waals surface area contributed by atoms with Gasteiger partial charge in [-0.05, 0) is 42.5 Å². The fourth-order valence-corrected chi connectivity index (χ4v) is 2.21. The number of aromatic nitrogens is 2. The highest BCUT2D eigenvalue weighted by atomic mass is 19.1. The van der Waals surface area contributed by atoms with E-state index >= 15 is 0 Å². The number of ether oxygens (including phenoxy) is 2. The summed E-state index contributed by atoms with van der Waals surface area (Å²) in [5.74, 6) is 1.60. The molecule has 1 aromatic heterocycles. The van der Waals surface area contributed by atoms with Crippen molar-refractivity contribution in [3.8, 4) is 23.0 Å². The lowest BCUT2D eigenvalue weighted by Gasteiger charge is -1.97. The third kappa shape index (κ3) is 3.42. The zero-order valence-corrected chi connectivity index (χ0v) is 12.9. The van der Waals surface area contributed by atoms with Crippen LogP contribution in [-0.2, 0) is 11.4 Å². The van der Waals surface area contributed by atoms with Gasteiger partial charge in [-0.3, -0.25) is 0 Å². The Morgan fingerprint density at radius 1 is 1.08 bits per heavy atom. The molecule has 0 radical (unpaired) electrons. The summed E-state index contributed by atoms with van der Waals surface area (Å²) in [4.78, 5) is 5.15. The first-order valence-electron chi connectivity index (χ1n) is 7.41. The average molecular weight is 341 g/mol. The van der Waals surface area contributed by atoms with Crippen LogP contribution in [-0.4, -0.2) is 23.2 Å². The van der Waals surface area contributed by atoms with Crippen LogP contribution >= 0.6 is 0 Å².